The Morgan fingerprint density at radius 2 is 1.75 bits per heavy atom. The van der Waals surface area contributed by atoms with Crippen LogP contribution >= 0.6 is 11.8 Å². The molecule has 1 saturated heterocycles. The third-order valence-corrected chi connectivity index (χ3v) is 5.42. The smallest absolute Gasteiger partial charge is 0.303 e. The predicted molar refractivity (Wildman–Crippen MR) is 91.5 cm³/mol. The minimum Gasteiger partial charge on any atom is -0.463 e. The summed E-state index contributed by atoms with van der Waals surface area (Å²) in [7, 11) is 0. The Balaban J connectivity index is 2.16. The zero-order valence-corrected chi connectivity index (χ0v) is 15.2. The summed E-state index contributed by atoms with van der Waals surface area (Å²) in [5, 5.41) is 0. The maximum Gasteiger partial charge on any atom is 0.303 e. The number of carbonyl (C=O) groups is 2. The molecule has 2 rings (SSSR count). The second-order valence-corrected chi connectivity index (χ2v) is 7.24. The minimum atomic E-state index is -0.351. The summed E-state index contributed by atoms with van der Waals surface area (Å²) in [4.78, 5) is 23.6. The highest BCUT2D eigenvalue weighted by Gasteiger charge is 2.44. The van der Waals surface area contributed by atoms with Crippen LogP contribution in [0.15, 0.2) is 35.2 Å². The van der Waals surface area contributed by atoms with Crippen molar-refractivity contribution in [3.05, 3.63) is 30.3 Å². The highest BCUT2D eigenvalue weighted by molar-refractivity contribution is 7.99. The first-order valence-corrected chi connectivity index (χ1v) is 8.94. The Kier molecular flexibility index (Phi) is 6.69. The SMILES string of the molecule is CC(=O)OCC1O[C@@H](Sc2ccccc2)C(OC(C)=O)[C@@H](C)[C@@H]1C. The number of ether oxygens (including phenoxy) is 3. The number of benzene rings is 1. The fourth-order valence-electron chi connectivity index (χ4n) is 2.73. The van der Waals surface area contributed by atoms with Crippen LogP contribution < -0.4 is 0 Å². The maximum absolute atomic E-state index is 11.5. The molecule has 0 aliphatic carbocycles. The number of carbonyl (C=O) groups excluding carboxylic acids is 2. The Morgan fingerprint density at radius 1 is 1.08 bits per heavy atom. The molecule has 1 aromatic rings. The van der Waals surface area contributed by atoms with E-state index in [0.29, 0.717) is 0 Å². The summed E-state index contributed by atoms with van der Waals surface area (Å²) < 4.78 is 16.8. The van der Waals surface area contributed by atoms with E-state index < -0.39 is 0 Å². The standard InChI is InChI=1S/C18H24O5S/c1-11-12(2)17(22-14(4)20)18(23-16(11)10-21-13(3)19)24-15-8-6-5-7-9-15/h5-9,11-12,16-18H,10H2,1-4H3/t11-,12-,16?,17?,18-/m0/s1. The van der Waals surface area contributed by atoms with Crippen molar-refractivity contribution in [2.75, 3.05) is 6.61 Å². The first-order chi connectivity index (χ1) is 11.4. The Morgan fingerprint density at radius 3 is 2.33 bits per heavy atom. The molecule has 1 aromatic carbocycles. The number of rotatable bonds is 5. The number of hydrogen-bond acceptors (Lipinski definition) is 6. The van der Waals surface area contributed by atoms with Crippen LogP contribution in [0, 0.1) is 11.8 Å². The molecule has 1 aliphatic rings. The van der Waals surface area contributed by atoms with E-state index in [1.54, 1.807) is 0 Å². The number of hydrogen-bond donors (Lipinski definition) is 0. The molecule has 0 aromatic heterocycles. The molecular formula is C18H24O5S. The van der Waals surface area contributed by atoms with Crippen molar-refractivity contribution in [1.29, 1.82) is 0 Å². The molecule has 132 valence electrons. The molecule has 6 heteroatoms. The van der Waals surface area contributed by atoms with E-state index in [1.165, 1.54) is 25.6 Å². The average molecular weight is 352 g/mol. The fraction of sp³-hybridized carbons (Fsp3) is 0.556. The molecule has 0 bridgehead atoms. The van der Waals surface area contributed by atoms with Crippen LogP contribution in [0.4, 0.5) is 0 Å². The van der Waals surface area contributed by atoms with Crippen molar-refractivity contribution >= 4 is 23.7 Å². The molecule has 0 spiro atoms. The van der Waals surface area contributed by atoms with Gasteiger partial charge in [0.15, 0.2) is 0 Å². The molecule has 5 atom stereocenters. The zero-order valence-electron chi connectivity index (χ0n) is 14.4. The molecule has 0 N–H and O–H groups in total. The largest absolute Gasteiger partial charge is 0.463 e. The van der Waals surface area contributed by atoms with Gasteiger partial charge in [0.05, 0.1) is 6.10 Å². The van der Waals surface area contributed by atoms with Crippen LogP contribution in [-0.2, 0) is 23.8 Å². The summed E-state index contributed by atoms with van der Waals surface area (Å²) in [6.45, 7) is 7.07. The average Bonchev–Trinajstić information content (AvgIpc) is 2.53. The van der Waals surface area contributed by atoms with E-state index in [0.717, 1.165) is 4.90 Å². The van der Waals surface area contributed by atoms with Crippen molar-refractivity contribution in [1.82, 2.24) is 0 Å². The van der Waals surface area contributed by atoms with Gasteiger partial charge in [-0.2, -0.15) is 0 Å². The van der Waals surface area contributed by atoms with Gasteiger partial charge in [-0.3, -0.25) is 9.59 Å². The normalized spacial score (nSPS) is 29.8. The van der Waals surface area contributed by atoms with E-state index in [2.05, 4.69) is 0 Å². The van der Waals surface area contributed by atoms with E-state index in [4.69, 9.17) is 14.2 Å². The van der Waals surface area contributed by atoms with Crippen molar-refractivity contribution in [3.63, 3.8) is 0 Å². The summed E-state index contributed by atoms with van der Waals surface area (Å²) in [5.41, 5.74) is -0.344. The van der Waals surface area contributed by atoms with Gasteiger partial charge < -0.3 is 14.2 Å². The fourth-order valence-corrected chi connectivity index (χ4v) is 3.95. The third kappa shape index (κ3) is 4.98. The van der Waals surface area contributed by atoms with Gasteiger partial charge in [-0.15, -0.1) is 0 Å². The van der Waals surface area contributed by atoms with Crippen molar-refractivity contribution < 1.29 is 23.8 Å². The Labute approximate surface area is 147 Å². The zero-order chi connectivity index (χ0) is 17.7. The van der Waals surface area contributed by atoms with E-state index >= 15 is 0 Å². The third-order valence-electron chi connectivity index (χ3n) is 4.26. The summed E-state index contributed by atoms with van der Waals surface area (Å²) in [6, 6.07) is 9.83. The van der Waals surface area contributed by atoms with E-state index in [1.807, 2.05) is 44.2 Å². The Bertz CT molecular complexity index is 560. The molecule has 0 amide bonds. The molecule has 1 heterocycles. The van der Waals surface area contributed by atoms with Gasteiger partial charge >= 0.3 is 11.9 Å². The van der Waals surface area contributed by atoms with Crippen LogP contribution in [0.2, 0.25) is 0 Å². The summed E-state index contributed by atoms with van der Waals surface area (Å²) in [6.07, 6.45) is -0.576. The predicted octanol–water partition coefficient (Wildman–Crippen LogP) is 3.27. The van der Waals surface area contributed by atoms with Gasteiger partial charge in [0.2, 0.25) is 0 Å². The lowest BCUT2D eigenvalue weighted by molar-refractivity contribution is -0.184. The van der Waals surface area contributed by atoms with Crippen molar-refractivity contribution in [2.24, 2.45) is 11.8 Å². The molecule has 5 nitrogen and oxygen atoms in total. The van der Waals surface area contributed by atoms with Gasteiger partial charge in [-0.05, 0) is 18.1 Å². The Hall–Kier alpha value is -1.53. The number of thioether (sulfide) groups is 1. The minimum absolute atomic E-state index is 0.0874. The molecule has 24 heavy (non-hydrogen) atoms. The van der Waals surface area contributed by atoms with E-state index in [-0.39, 0.29) is 48.0 Å². The lowest BCUT2D eigenvalue weighted by Crippen LogP contribution is -2.51. The van der Waals surface area contributed by atoms with Crippen LogP contribution in [0.3, 0.4) is 0 Å². The van der Waals surface area contributed by atoms with Gasteiger partial charge in [0.25, 0.3) is 0 Å². The lowest BCUT2D eigenvalue weighted by atomic mass is 9.84. The summed E-state index contributed by atoms with van der Waals surface area (Å²) >= 11 is 1.52. The topological polar surface area (TPSA) is 61.8 Å². The molecule has 2 unspecified atom stereocenters. The monoisotopic (exact) mass is 352 g/mol. The van der Waals surface area contributed by atoms with Gasteiger partial charge in [-0.25, -0.2) is 0 Å². The molecule has 0 saturated carbocycles. The highest BCUT2D eigenvalue weighted by atomic mass is 32.2. The highest BCUT2D eigenvalue weighted by Crippen LogP contribution is 2.40. The number of esters is 2. The molecule has 1 aliphatic heterocycles. The second-order valence-electron chi connectivity index (χ2n) is 6.07. The van der Waals surface area contributed by atoms with E-state index in [9.17, 15) is 9.59 Å². The molecule has 0 radical (unpaired) electrons. The lowest BCUT2D eigenvalue weighted by Gasteiger charge is -2.43. The maximum atomic E-state index is 11.5. The van der Waals surface area contributed by atoms with Gasteiger partial charge in [0.1, 0.15) is 18.1 Å². The van der Waals surface area contributed by atoms with Gasteiger partial charge in [0, 0.05) is 24.7 Å². The van der Waals surface area contributed by atoms with Crippen LogP contribution in [0.25, 0.3) is 0 Å². The van der Waals surface area contributed by atoms with Crippen molar-refractivity contribution in [3.8, 4) is 0 Å². The van der Waals surface area contributed by atoms with Crippen LogP contribution in [-0.4, -0.2) is 36.2 Å². The molecule has 1 fully saturated rings. The molecular weight excluding hydrogens is 328 g/mol. The second kappa shape index (κ2) is 8.53. The quantitative estimate of drug-likeness (QED) is 0.758. The van der Waals surface area contributed by atoms with Crippen LogP contribution in [0.1, 0.15) is 27.7 Å². The first-order valence-electron chi connectivity index (χ1n) is 8.06. The van der Waals surface area contributed by atoms with Crippen LogP contribution in [0.5, 0.6) is 0 Å². The summed E-state index contributed by atoms with van der Waals surface area (Å²) in [5.74, 6) is -0.460. The van der Waals surface area contributed by atoms with Crippen molar-refractivity contribution in [2.45, 2.75) is 50.2 Å². The first kappa shape index (κ1) is 18.8. The van der Waals surface area contributed by atoms with Gasteiger partial charge in [-0.1, -0.05) is 43.8 Å².